The molecule has 0 bridgehead atoms. The Bertz CT molecular complexity index is 1430. The molecule has 3 aromatic carbocycles. The number of rotatable bonds is 12. The molecule has 1 N–H and O–H groups in total. The average molecular weight is 625 g/mol. The van der Waals surface area contributed by atoms with E-state index in [1.165, 1.54) is 23.1 Å². The first-order chi connectivity index (χ1) is 18.9. The van der Waals surface area contributed by atoms with Gasteiger partial charge in [-0.05, 0) is 62.7 Å². The fourth-order valence-corrected chi connectivity index (χ4v) is 6.08. The van der Waals surface area contributed by atoms with Crippen LogP contribution in [0.2, 0.25) is 15.1 Å². The second-order valence-electron chi connectivity index (χ2n) is 9.35. The van der Waals surface area contributed by atoms with E-state index in [0.717, 1.165) is 22.7 Å². The minimum absolute atomic E-state index is 0.0110. The predicted octanol–water partition coefficient (Wildman–Crippen LogP) is 6.48. The second kappa shape index (κ2) is 14.2. The number of benzene rings is 3. The first kappa shape index (κ1) is 31.7. The zero-order valence-corrected chi connectivity index (χ0v) is 25.6. The Kier molecular flexibility index (Phi) is 11.3. The molecule has 0 radical (unpaired) electrons. The van der Waals surface area contributed by atoms with Gasteiger partial charge in [0.25, 0.3) is 10.0 Å². The van der Waals surface area contributed by atoms with E-state index >= 15 is 0 Å². The lowest BCUT2D eigenvalue weighted by molar-refractivity contribution is -0.139. The van der Waals surface area contributed by atoms with Crippen LogP contribution in [0, 0.1) is 6.92 Å². The normalized spacial score (nSPS) is 12.1. The smallest absolute Gasteiger partial charge is 0.264 e. The van der Waals surface area contributed by atoms with Crippen LogP contribution in [-0.4, -0.2) is 44.3 Å². The first-order valence-electron chi connectivity index (χ1n) is 12.8. The molecule has 3 aromatic rings. The highest BCUT2D eigenvalue weighted by atomic mass is 35.5. The van der Waals surface area contributed by atoms with Crippen LogP contribution in [0.1, 0.15) is 37.8 Å². The van der Waals surface area contributed by atoms with Crippen molar-refractivity contribution in [2.24, 2.45) is 0 Å². The number of carbonyl (C=O) groups is 2. The molecule has 11 heteroatoms. The van der Waals surface area contributed by atoms with Crippen LogP contribution < -0.4 is 9.62 Å². The fourth-order valence-electron chi connectivity index (χ4n) is 3.97. The van der Waals surface area contributed by atoms with Crippen LogP contribution in [0.5, 0.6) is 0 Å². The van der Waals surface area contributed by atoms with Gasteiger partial charge in [-0.3, -0.25) is 13.9 Å². The molecule has 0 fully saturated rings. The maximum Gasteiger partial charge on any atom is 0.264 e. The average Bonchev–Trinajstić information content (AvgIpc) is 2.91. The third-order valence-corrected chi connectivity index (χ3v) is 9.10. The molecular weight excluding hydrogens is 593 g/mol. The highest BCUT2D eigenvalue weighted by molar-refractivity contribution is 7.92. The Morgan fingerprint density at radius 3 is 2.17 bits per heavy atom. The van der Waals surface area contributed by atoms with Crippen LogP contribution in [0.3, 0.4) is 0 Å². The van der Waals surface area contributed by atoms with E-state index in [-0.39, 0.29) is 23.0 Å². The van der Waals surface area contributed by atoms with Crippen LogP contribution in [0.4, 0.5) is 5.69 Å². The van der Waals surface area contributed by atoms with E-state index in [4.69, 9.17) is 34.8 Å². The quantitative estimate of drug-likeness (QED) is 0.234. The lowest BCUT2D eigenvalue weighted by Gasteiger charge is -2.32. The summed E-state index contributed by atoms with van der Waals surface area (Å²) in [5.74, 6) is -0.995. The number of hydrogen-bond donors (Lipinski definition) is 1. The number of anilines is 1. The van der Waals surface area contributed by atoms with Gasteiger partial charge in [0, 0.05) is 33.7 Å². The van der Waals surface area contributed by atoms with E-state index in [9.17, 15) is 18.0 Å². The van der Waals surface area contributed by atoms with Gasteiger partial charge in [-0.15, -0.1) is 0 Å². The Hall–Kier alpha value is -2.78. The number of halogens is 3. The maximum atomic E-state index is 14.0. The predicted molar refractivity (Wildman–Crippen MR) is 162 cm³/mol. The largest absolute Gasteiger partial charge is 0.354 e. The molecule has 0 aliphatic heterocycles. The summed E-state index contributed by atoms with van der Waals surface area (Å²) in [5, 5.41) is 3.79. The summed E-state index contributed by atoms with van der Waals surface area (Å²) in [7, 11) is -4.19. The molecule has 0 aliphatic rings. The van der Waals surface area contributed by atoms with Gasteiger partial charge in [0.2, 0.25) is 11.8 Å². The van der Waals surface area contributed by atoms with Crippen molar-refractivity contribution >= 4 is 62.3 Å². The van der Waals surface area contributed by atoms with Crippen LogP contribution in [0.25, 0.3) is 0 Å². The number of unbranched alkanes of at least 4 members (excludes halogenated alkanes) is 1. The molecule has 214 valence electrons. The van der Waals surface area contributed by atoms with Gasteiger partial charge < -0.3 is 10.2 Å². The summed E-state index contributed by atoms with van der Waals surface area (Å²) >= 11 is 19.0. The van der Waals surface area contributed by atoms with Crippen LogP contribution in [0.15, 0.2) is 71.6 Å². The Morgan fingerprint density at radius 2 is 1.57 bits per heavy atom. The number of aryl methyl sites for hydroxylation is 1. The number of carbonyl (C=O) groups excluding carboxylic acids is 2. The standard InChI is InChI=1S/C29H32Cl3N3O4S/c1-4-5-16-33-29(37)21(3)34(18-25-26(31)10-7-11-27(25)32)28(36)19-35(23-9-6-8-22(30)17-23)40(38,39)24-14-12-20(2)13-15-24/h6-15,17,21H,4-5,16,18-19H2,1-3H3,(H,33,37)/t21-/m1/s1. The van der Waals surface area contributed by atoms with Gasteiger partial charge in [-0.1, -0.05) is 78.0 Å². The monoisotopic (exact) mass is 623 g/mol. The van der Waals surface area contributed by atoms with Gasteiger partial charge in [0.15, 0.2) is 0 Å². The molecule has 0 spiro atoms. The summed E-state index contributed by atoms with van der Waals surface area (Å²) < 4.78 is 28.7. The van der Waals surface area contributed by atoms with Crippen molar-refractivity contribution in [3.05, 3.63) is 92.9 Å². The van der Waals surface area contributed by atoms with E-state index in [2.05, 4.69) is 5.32 Å². The lowest BCUT2D eigenvalue weighted by atomic mass is 10.1. The van der Waals surface area contributed by atoms with Crippen molar-refractivity contribution in [2.75, 3.05) is 17.4 Å². The van der Waals surface area contributed by atoms with E-state index in [1.54, 1.807) is 55.5 Å². The van der Waals surface area contributed by atoms with Crippen molar-refractivity contribution in [2.45, 2.75) is 51.1 Å². The van der Waals surface area contributed by atoms with Gasteiger partial charge in [-0.25, -0.2) is 8.42 Å². The van der Waals surface area contributed by atoms with Gasteiger partial charge in [0.1, 0.15) is 12.6 Å². The Labute approximate surface area is 251 Å². The molecule has 40 heavy (non-hydrogen) atoms. The van der Waals surface area contributed by atoms with Crippen molar-refractivity contribution in [1.29, 1.82) is 0 Å². The molecule has 3 rings (SSSR count). The van der Waals surface area contributed by atoms with Crippen molar-refractivity contribution in [3.63, 3.8) is 0 Å². The molecule has 0 saturated carbocycles. The minimum Gasteiger partial charge on any atom is -0.354 e. The fraction of sp³-hybridized carbons (Fsp3) is 0.310. The summed E-state index contributed by atoms with van der Waals surface area (Å²) in [6.07, 6.45) is 1.66. The minimum atomic E-state index is -4.19. The van der Waals surface area contributed by atoms with E-state index in [1.807, 2.05) is 13.8 Å². The molecule has 0 unspecified atom stereocenters. The molecule has 2 amide bonds. The van der Waals surface area contributed by atoms with E-state index in [0.29, 0.717) is 27.2 Å². The highest BCUT2D eigenvalue weighted by Crippen LogP contribution is 2.29. The Balaban J connectivity index is 2.04. The Morgan fingerprint density at radius 1 is 0.950 bits per heavy atom. The number of nitrogens with one attached hydrogen (secondary N) is 1. The number of sulfonamides is 1. The molecule has 0 aromatic heterocycles. The molecular formula is C29H32Cl3N3O4S. The van der Waals surface area contributed by atoms with Crippen molar-refractivity contribution in [3.8, 4) is 0 Å². The zero-order chi connectivity index (χ0) is 29.4. The molecule has 0 aliphatic carbocycles. The molecule has 0 heterocycles. The molecule has 7 nitrogen and oxygen atoms in total. The summed E-state index contributed by atoms with van der Waals surface area (Å²) in [6, 6.07) is 16.6. The van der Waals surface area contributed by atoms with Crippen LogP contribution in [-0.2, 0) is 26.2 Å². The number of hydrogen-bond acceptors (Lipinski definition) is 4. The first-order valence-corrected chi connectivity index (χ1v) is 15.4. The van der Waals surface area contributed by atoms with Crippen LogP contribution >= 0.6 is 34.8 Å². The van der Waals surface area contributed by atoms with Crippen molar-refractivity contribution in [1.82, 2.24) is 10.2 Å². The third kappa shape index (κ3) is 7.91. The third-order valence-electron chi connectivity index (χ3n) is 6.37. The van der Waals surface area contributed by atoms with Gasteiger partial charge in [-0.2, -0.15) is 0 Å². The number of amides is 2. The molecule has 0 saturated heterocycles. The molecule has 1 atom stereocenters. The summed E-state index contributed by atoms with van der Waals surface area (Å²) in [5.41, 5.74) is 1.54. The van der Waals surface area contributed by atoms with Gasteiger partial charge >= 0.3 is 0 Å². The topological polar surface area (TPSA) is 86.8 Å². The number of nitrogens with zero attached hydrogens (tertiary/aromatic N) is 2. The second-order valence-corrected chi connectivity index (χ2v) is 12.5. The lowest BCUT2D eigenvalue weighted by Crippen LogP contribution is -2.51. The zero-order valence-electron chi connectivity index (χ0n) is 22.5. The van der Waals surface area contributed by atoms with Gasteiger partial charge in [0.05, 0.1) is 10.6 Å². The SMILES string of the molecule is CCCCNC(=O)[C@@H](C)N(Cc1c(Cl)cccc1Cl)C(=O)CN(c1cccc(Cl)c1)S(=O)(=O)c1ccc(C)cc1. The summed E-state index contributed by atoms with van der Waals surface area (Å²) in [4.78, 5) is 28.3. The van der Waals surface area contributed by atoms with E-state index < -0.39 is 28.5 Å². The highest BCUT2D eigenvalue weighted by Gasteiger charge is 2.33. The summed E-state index contributed by atoms with van der Waals surface area (Å²) in [6.45, 7) is 5.19. The van der Waals surface area contributed by atoms with Crippen molar-refractivity contribution < 1.29 is 18.0 Å². The maximum absolute atomic E-state index is 14.0.